The van der Waals surface area contributed by atoms with E-state index in [0.29, 0.717) is 17.9 Å². The number of aromatic nitrogens is 2. The Labute approximate surface area is 169 Å². The van der Waals surface area contributed by atoms with Crippen molar-refractivity contribution < 1.29 is 9.84 Å². The molecule has 0 fully saturated rings. The van der Waals surface area contributed by atoms with E-state index in [2.05, 4.69) is 23.0 Å². The van der Waals surface area contributed by atoms with Crippen molar-refractivity contribution in [2.24, 2.45) is 0 Å². The molecule has 1 aromatic carbocycles. The van der Waals surface area contributed by atoms with Crippen molar-refractivity contribution in [1.82, 2.24) is 9.97 Å². The lowest BCUT2D eigenvalue weighted by Gasteiger charge is -2.12. The van der Waals surface area contributed by atoms with Crippen LogP contribution in [0.2, 0.25) is 0 Å². The normalized spacial score (nSPS) is 10.9. The molecule has 0 spiro atoms. The summed E-state index contributed by atoms with van der Waals surface area (Å²) in [6.45, 7) is 4.20. The Hall–Kier alpha value is -2.30. The quantitative estimate of drug-likeness (QED) is 0.402. The molecule has 5 nitrogen and oxygen atoms in total. The van der Waals surface area contributed by atoms with Gasteiger partial charge in [-0.25, -0.2) is 4.98 Å². The van der Waals surface area contributed by atoms with Crippen LogP contribution in [0.5, 0.6) is 17.4 Å². The molecule has 28 heavy (non-hydrogen) atoms. The number of unbranched alkanes of at least 4 members (excludes halogenated alkanes) is 8. The molecule has 0 saturated carbocycles. The lowest BCUT2D eigenvalue weighted by atomic mass is 10.0. The summed E-state index contributed by atoms with van der Waals surface area (Å²) in [5.41, 5.74) is 7.45. The van der Waals surface area contributed by atoms with E-state index in [1.807, 2.05) is 25.1 Å². The van der Waals surface area contributed by atoms with Gasteiger partial charge in [-0.15, -0.1) is 0 Å². The Morgan fingerprint density at radius 1 is 0.929 bits per heavy atom. The molecule has 0 radical (unpaired) electrons. The predicted molar refractivity (Wildman–Crippen MR) is 115 cm³/mol. The molecule has 1 heterocycles. The van der Waals surface area contributed by atoms with Gasteiger partial charge in [0, 0.05) is 0 Å². The number of anilines is 1. The van der Waals surface area contributed by atoms with E-state index in [1.165, 1.54) is 63.4 Å². The summed E-state index contributed by atoms with van der Waals surface area (Å²) in [7, 11) is 0. The first kappa shape index (κ1) is 22.0. The molecule has 154 valence electrons. The number of nitrogens with two attached hydrogens (primary N) is 1. The van der Waals surface area contributed by atoms with Crippen LogP contribution >= 0.6 is 0 Å². The zero-order chi connectivity index (χ0) is 20.2. The van der Waals surface area contributed by atoms with E-state index in [1.54, 1.807) is 0 Å². The van der Waals surface area contributed by atoms with Crippen LogP contribution in [0.15, 0.2) is 24.3 Å². The maximum absolute atomic E-state index is 10.1. The van der Waals surface area contributed by atoms with Gasteiger partial charge < -0.3 is 15.6 Å². The summed E-state index contributed by atoms with van der Waals surface area (Å²) in [5.74, 6) is 0.818. The molecule has 1 aromatic heterocycles. The fourth-order valence-electron chi connectivity index (χ4n) is 3.37. The van der Waals surface area contributed by atoms with Crippen LogP contribution in [0, 0.1) is 0 Å². The third-order valence-corrected chi connectivity index (χ3v) is 4.96. The summed E-state index contributed by atoms with van der Waals surface area (Å²) in [6.07, 6.45) is 13.6. The SMILES string of the molecule is CCCCCCCCCCCc1cccc(Oc2c(O)nc(N)nc2CC)c1. The number of benzene rings is 1. The van der Waals surface area contributed by atoms with Crippen molar-refractivity contribution in [3.63, 3.8) is 0 Å². The number of ether oxygens (including phenoxy) is 1. The van der Waals surface area contributed by atoms with E-state index in [0.717, 1.165) is 6.42 Å². The van der Waals surface area contributed by atoms with E-state index < -0.39 is 0 Å². The summed E-state index contributed by atoms with van der Waals surface area (Å²) in [5, 5.41) is 10.1. The van der Waals surface area contributed by atoms with E-state index in [-0.39, 0.29) is 17.6 Å². The number of nitrogens with zero attached hydrogens (tertiary/aromatic N) is 2. The number of aromatic hydroxyl groups is 1. The Bertz CT molecular complexity index is 719. The van der Waals surface area contributed by atoms with Crippen molar-refractivity contribution in [3.8, 4) is 17.4 Å². The molecule has 3 N–H and O–H groups in total. The van der Waals surface area contributed by atoms with E-state index in [9.17, 15) is 5.11 Å². The van der Waals surface area contributed by atoms with Gasteiger partial charge in [0.25, 0.3) is 5.88 Å². The minimum absolute atomic E-state index is 0.0563. The first-order chi connectivity index (χ1) is 13.6. The zero-order valence-corrected chi connectivity index (χ0v) is 17.4. The maximum Gasteiger partial charge on any atom is 0.260 e. The minimum Gasteiger partial charge on any atom is -0.490 e. The number of rotatable bonds is 13. The van der Waals surface area contributed by atoms with Crippen LogP contribution in [-0.2, 0) is 12.8 Å². The van der Waals surface area contributed by atoms with Crippen LogP contribution in [0.4, 0.5) is 5.95 Å². The fourth-order valence-corrected chi connectivity index (χ4v) is 3.37. The Balaban J connectivity index is 1.80. The second kappa shape index (κ2) is 12.2. The third kappa shape index (κ3) is 7.37. The summed E-state index contributed by atoms with van der Waals surface area (Å²) >= 11 is 0. The molecule has 0 aliphatic rings. The van der Waals surface area contributed by atoms with Crippen LogP contribution < -0.4 is 10.5 Å². The largest absolute Gasteiger partial charge is 0.490 e. The first-order valence-corrected chi connectivity index (χ1v) is 10.8. The van der Waals surface area contributed by atoms with Gasteiger partial charge in [-0.1, -0.05) is 77.3 Å². The van der Waals surface area contributed by atoms with Crippen molar-refractivity contribution in [2.75, 3.05) is 5.73 Å². The molecular weight excluding hydrogens is 350 g/mol. The number of aryl methyl sites for hydroxylation is 2. The molecule has 2 rings (SSSR count). The summed E-state index contributed by atoms with van der Waals surface area (Å²) in [6, 6.07) is 8.02. The number of nitrogen functional groups attached to an aromatic ring is 1. The summed E-state index contributed by atoms with van der Waals surface area (Å²) in [4.78, 5) is 7.95. The van der Waals surface area contributed by atoms with E-state index >= 15 is 0 Å². The van der Waals surface area contributed by atoms with Gasteiger partial charge in [-0.05, 0) is 37.0 Å². The zero-order valence-electron chi connectivity index (χ0n) is 17.4. The highest BCUT2D eigenvalue weighted by Gasteiger charge is 2.14. The Morgan fingerprint density at radius 2 is 1.61 bits per heavy atom. The van der Waals surface area contributed by atoms with Crippen molar-refractivity contribution >= 4 is 5.95 Å². The van der Waals surface area contributed by atoms with Crippen molar-refractivity contribution in [2.45, 2.75) is 84.5 Å². The highest BCUT2D eigenvalue weighted by Crippen LogP contribution is 2.33. The van der Waals surface area contributed by atoms with Crippen molar-refractivity contribution in [3.05, 3.63) is 35.5 Å². The van der Waals surface area contributed by atoms with Crippen LogP contribution in [0.25, 0.3) is 0 Å². The predicted octanol–water partition coefficient (Wildman–Crippen LogP) is 6.19. The molecule has 0 bridgehead atoms. The van der Waals surface area contributed by atoms with Crippen LogP contribution in [0.3, 0.4) is 0 Å². The Kier molecular flexibility index (Phi) is 9.60. The van der Waals surface area contributed by atoms with Crippen LogP contribution in [-0.4, -0.2) is 15.1 Å². The standard InChI is InChI=1S/C23H35N3O2/c1-3-5-6-7-8-9-10-11-12-14-18-15-13-16-19(17-18)28-21-20(4-2)25-23(24)26-22(21)27/h13,15-17H,3-12,14H2,1-2H3,(H3,24,25,26,27). The van der Waals surface area contributed by atoms with Crippen LogP contribution in [0.1, 0.15) is 82.9 Å². The molecule has 0 amide bonds. The smallest absolute Gasteiger partial charge is 0.260 e. The second-order valence-electron chi connectivity index (χ2n) is 7.36. The average Bonchev–Trinajstić information content (AvgIpc) is 2.69. The van der Waals surface area contributed by atoms with Gasteiger partial charge >= 0.3 is 0 Å². The van der Waals surface area contributed by atoms with Gasteiger partial charge in [-0.2, -0.15) is 4.98 Å². The van der Waals surface area contributed by atoms with Gasteiger partial charge in [0.15, 0.2) is 0 Å². The van der Waals surface area contributed by atoms with Crippen molar-refractivity contribution in [1.29, 1.82) is 0 Å². The molecule has 5 heteroatoms. The van der Waals surface area contributed by atoms with Gasteiger partial charge in [-0.3, -0.25) is 0 Å². The first-order valence-electron chi connectivity index (χ1n) is 10.8. The van der Waals surface area contributed by atoms with Gasteiger partial charge in [0.2, 0.25) is 11.7 Å². The van der Waals surface area contributed by atoms with Gasteiger partial charge in [0.1, 0.15) is 5.75 Å². The topological polar surface area (TPSA) is 81.3 Å². The van der Waals surface area contributed by atoms with Gasteiger partial charge in [0.05, 0.1) is 5.69 Å². The number of hydrogen-bond acceptors (Lipinski definition) is 5. The third-order valence-electron chi connectivity index (χ3n) is 4.96. The highest BCUT2D eigenvalue weighted by atomic mass is 16.5. The monoisotopic (exact) mass is 385 g/mol. The minimum atomic E-state index is -0.214. The molecule has 2 aromatic rings. The summed E-state index contributed by atoms with van der Waals surface area (Å²) < 4.78 is 5.89. The Morgan fingerprint density at radius 3 is 2.29 bits per heavy atom. The second-order valence-corrected chi connectivity index (χ2v) is 7.36. The molecule has 0 atom stereocenters. The average molecular weight is 386 g/mol. The number of hydrogen-bond donors (Lipinski definition) is 2. The molecular formula is C23H35N3O2. The lowest BCUT2D eigenvalue weighted by Crippen LogP contribution is -2.02. The molecule has 0 unspecified atom stereocenters. The maximum atomic E-state index is 10.1. The fraction of sp³-hybridized carbons (Fsp3) is 0.565. The highest BCUT2D eigenvalue weighted by molar-refractivity contribution is 5.44. The molecule has 0 saturated heterocycles. The van der Waals surface area contributed by atoms with E-state index in [4.69, 9.17) is 10.5 Å². The molecule has 0 aliphatic heterocycles. The lowest BCUT2D eigenvalue weighted by molar-refractivity contribution is 0.390. The molecule has 0 aliphatic carbocycles.